The number of rotatable bonds is 5. The van der Waals surface area contributed by atoms with E-state index in [0.29, 0.717) is 12.0 Å². The molecule has 0 aliphatic rings. The Morgan fingerprint density at radius 2 is 1.62 bits per heavy atom. The summed E-state index contributed by atoms with van der Waals surface area (Å²) >= 11 is 0. The smallest absolute Gasteiger partial charge is 0.338 e. The van der Waals surface area contributed by atoms with Crippen LogP contribution in [0.4, 0.5) is 0 Å². The molecule has 0 heterocycles. The Balaban J connectivity index is 2.03. The molecule has 2 rings (SSSR count). The molecule has 2 aromatic rings. The maximum Gasteiger partial charge on any atom is 0.338 e. The Morgan fingerprint density at radius 3 is 2.19 bits per heavy atom. The first-order valence-electron chi connectivity index (χ1n) is 6.91. The third-order valence-corrected chi connectivity index (χ3v) is 3.17. The third-order valence-electron chi connectivity index (χ3n) is 3.17. The average molecular weight is 284 g/mol. The molecule has 3 nitrogen and oxygen atoms in total. The van der Waals surface area contributed by atoms with Crippen LogP contribution in [0.15, 0.2) is 54.6 Å². The molecule has 0 aliphatic heterocycles. The van der Waals surface area contributed by atoms with Crippen LogP contribution in [0.25, 0.3) is 0 Å². The van der Waals surface area contributed by atoms with Gasteiger partial charge in [-0.2, -0.15) is 0 Å². The lowest BCUT2D eigenvalue weighted by Crippen LogP contribution is -2.30. The highest BCUT2D eigenvalue weighted by Gasteiger charge is 2.24. The molecule has 0 atom stereocenters. The van der Waals surface area contributed by atoms with Gasteiger partial charge in [0, 0.05) is 6.42 Å². The van der Waals surface area contributed by atoms with Gasteiger partial charge >= 0.3 is 5.97 Å². The van der Waals surface area contributed by atoms with E-state index in [1.807, 2.05) is 44.2 Å². The highest BCUT2D eigenvalue weighted by molar-refractivity contribution is 5.89. The van der Waals surface area contributed by atoms with Crippen molar-refractivity contribution in [1.29, 1.82) is 0 Å². The summed E-state index contributed by atoms with van der Waals surface area (Å²) in [6.07, 6.45) is 0.676. The molecular weight excluding hydrogens is 264 g/mol. The number of carbonyl (C=O) groups is 1. The van der Waals surface area contributed by atoms with E-state index in [9.17, 15) is 4.79 Å². The van der Waals surface area contributed by atoms with Gasteiger partial charge in [-0.25, -0.2) is 4.79 Å². The fourth-order valence-corrected chi connectivity index (χ4v) is 2.16. The molecule has 0 aromatic heterocycles. The van der Waals surface area contributed by atoms with Gasteiger partial charge in [-0.05, 0) is 43.7 Å². The van der Waals surface area contributed by atoms with Gasteiger partial charge in [0.05, 0.1) is 12.7 Å². The van der Waals surface area contributed by atoms with Crippen LogP contribution in [0.2, 0.25) is 0 Å². The summed E-state index contributed by atoms with van der Waals surface area (Å²) in [6.45, 7) is 3.84. The zero-order valence-electron chi connectivity index (χ0n) is 12.6. The predicted molar refractivity (Wildman–Crippen MR) is 82.6 cm³/mol. The molecule has 0 amide bonds. The van der Waals surface area contributed by atoms with Crippen molar-refractivity contribution in [3.8, 4) is 5.75 Å². The molecule has 21 heavy (non-hydrogen) atoms. The summed E-state index contributed by atoms with van der Waals surface area (Å²) in [7, 11) is 1.59. The van der Waals surface area contributed by atoms with E-state index in [2.05, 4.69) is 0 Å². The summed E-state index contributed by atoms with van der Waals surface area (Å²) in [6, 6.07) is 16.9. The van der Waals surface area contributed by atoms with Crippen LogP contribution in [0.5, 0.6) is 5.75 Å². The zero-order valence-corrected chi connectivity index (χ0v) is 12.6. The van der Waals surface area contributed by atoms with Crippen molar-refractivity contribution in [2.75, 3.05) is 7.11 Å². The van der Waals surface area contributed by atoms with Crippen molar-refractivity contribution in [1.82, 2.24) is 0 Å². The van der Waals surface area contributed by atoms with E-state index in [1.54, 1.807) is 31.4 Å². The summed E-state index contributed by atoms with van der Waals surface area (Å²) in [4.78, 5) is 12.2. The molecule has 2 aromatic carbocycles. The fourth-order valence-electron chi connectivity index (χ4n) is 2.16. The Hall–Kier alpha value is -2.29. The monoisotopic (exact) mass is 284 g/mol. The van der Waals surface area contributed by atoms with Gasteiger partial charge in [-0.15, -0.1) is 0 Å². The normalized spacial score (nSPS) is 11.0. The summed E-state index contributed by atoms with van der Waals surface area (Å²) in [5.74, 6) is 0.397. The van der Waals surface area contributed by atoms with Gasteiger partial charge in [0.25, 0.3) is 0 Å². The zero-order chi connectivity index (χ0) is 15.3. The van der Waals surface area contributed by atoms with Crippen LogP contribution in [0, 0.1) is 0 Å². The number of carbonyl (C=O) groups excluding carboxylic acids is 1. The first kappa shape index (κ1) is 15.1. The van der Waals surface area contributed by atoms with Crippen molar-refractivity contribution in [3.63, 3.8) is 0 Å². The van der Waals surface area contributed by atoms with E-state index < -0.39 is 5.60 Å². The van der Waals surface area contributed by atoms with Gasteiger partial charge in [0.15, 0.2) is 0 Å². The Labute approximate surface area is 125 Å². The van der Waals surface area contributed by atoms with Gasteiger partial charge in [0.2, 0.25) is 0 Å². The molecular formula is C18H20O3. The molecule has 0 bridgehead atoms. The molecule has 0 unspecified atom stereocenters. The minimum Gasteiger partial charge on any atom is -0.497 e. The lowest BCUT2D eigenvalue weighted by atomic mass is 9.98. The van der Waals surface area contributed by atoms with Crippen LogP contribution in [-0.4, -0.2) is 18.7 Å². The summed E-state index contributed by atoms with van der Waals surface area (Å²) in [5, 5.41) is 0. The first-order chi connectivity index (χ1) is 10.00. The van der Waals surface area contributed by atoms with Gasteiger partial charge in [-0.3, -0.25) is 0 Å². The van der Waals surface area contributed by atoms with E-state index in [-0.39, 0.29) is 5.97 Å². The second-order valence-corrected chi connectivity index (χ2v) is 5.54. The molecule has 0 radical (unpaired) electrons. The lowest BCUT2D eigenvalue weighted by molar-refractivity contribution is -0.000653. The van der Waals surface area contributed by atoms with Crippen molar-refractivity contribution in [2.45, 2.75) is 25.9 Å². The second-order valence-electron chi connectivity index (χ2n) is 5.54. The number of esters is 1. The number of hydrogen-bond acceptors (Lipinski definition) is 3. The van der Waals surface area contributed by atoms with Crippen molar-refractivity contribution in [2.24, 2.45) is 0 Å². The molecule has 0 saturated heterocycles. The minimum absolute atomic E-state index is 0.321. The van der Waals surface area contributed by atoms with Crippen molar-refractivity contribution >= 4 is 5.97 Å². The van der Waals surface area contributed by atoms with Crippen LogP contribution < -0.4 is 4.74 Å². The highest BCUT2D eigenvalue weighted by Crippen LogP contribution is 2.20. The molecule has 0 aliphatic carbocycles. The Bertz CT molecular complexity index is 586. The van der Waals surface area contributed by atoms with Crippen LogP contribution >= 0.6 is 0 Å². The number of methoxy groups -OCH3 is 1. The summed E-state index contributed by atoms with van der Waals surface area (Å²) in [5.41, 5.74) is 1.11. The van der Waals surface area contributed by atoms with Gasteiger partial charge in [-0.1, -0.05) is 30.3 Å². The SMILES string of the molecule is COc1ccc(C(=O)OC(C)(C)Cc2ccccc2)cc1. The molecule has 3 heteroatoms. The van der Waals surface area contributed by atoms with E-state index in [1.165, 1.54) is 0 Å². The maximum atomic E-state index is 12.2. The number of benzene rings is 2. The van der Waals surface area contributed by atoms with Crippen LogP contribution in [0.1, 0.15) is 29.8 Å². The largest absolute Gasteiger partial charge is 0.497 e. The Morgan fingerprint density at radius 1 is 1.00 bits per heavy atom. The van der Waals surface area contributed by atoms with Crippen LogP contribution in [0.3, 0.4) is 0 Å². The van der Waals surface area contributed by atoms with Gasteiger partial charge < -0.3 is 9.47 Å². The fraction of sp³-hybridized carbons (Fsp3) is 0.278. The van der Waals surface area contributed by atoms with Gasteiger partial charge in [0.1, 0.15) is 11.4 Å². The number of ether oxygens (including phenoxy) is 2. The quantitative estimate of drug-likeness (QED) is 0.782. The molecule has 0 N–H and O–H groups in total. The first-order valence-corrected chi connectivity index (χ1v) is 6.91. The van der Waals surface area contributed by atoms with Crippen LogP contribution in [-0.2, 0) is 11.2 Å². The molecule has 0 saturated carbocycles. The average Bonchev–Trinajstić information content (AvgIpc) is 2.47. The van der Waals surface area contributed by atoms with Crippen molar-refractivity contribution in [3.05, 3.63) is 65.7 Å². The minimum atomic E-state index is -0.557. The number of hydrogen-bond donors (Lipinski definition) is 0. The highest BCUT2D eigenvalue weighted by atomic mass is 16.6. The van der Waals surface area contributed by atoms with Crippen molar-refractivity contribution < 1.29 is 14.3 Å². The second kappa shape index (κ2) is 6.44. The topological polar surface area (TPSA) is 35.5 Å². The van der Waals surface area contributed by atoms with E-state index in [0.717, 1.165) is 11.3 Å². The molecule has 0 spiro atoms. The summed E-state index contributed by atoms with van der Waals surface area (Å²) < 4.78 is 10.7. The maximum absolute atomic E-state index is 12.2. The third kappa shape index (κ3) is 4.35. The Kier molecular flexibility index (Phi) is 4.63. The predicted octanol–water partition coefficient (Wildman–Crippen LogP) is 3.87. The van der Waals surface area contributed by atoms with E-state index >= 15 is 0 Å². The lowest BCUT2D eigenvalue weighted by Gasteiger charge is -2.25. The molecule has 110 valence electrons. The standard InChI is InChI=1S/C18H20O3/c1-18(2,13-14-7-5-4-6-8-14)21-17(19)15-9-11-16(20-3)12-10-15/h4-12H,13H2,1-3H3. The van der Waals surface area contributed by atoms with E-state index in [4.69, 9.17) is 9.47 Å². The molecule has 0 fully saturated rings.